The van der Waals surface area contributed by atoms with Crippen LogP contribution in [0.25, 0.3) is 0 Å². The molecule has 1 aromatic carbocycles. The maximum absolute atomic E-state index is 5.75. The largest absolute Gasteiger partial charge is 0.494 e. The Morgan fingerprint density at radius 1 is 1.29 bits per heavy atom. The van der Waals surface area contributed by atoms with Gasteiger partial charge in [0.05, 0.1) is 6.61 Å². The van der Waals surface area contributed by atoms with E-state index in [2.05, 4.69) is 57.7 Å². The van der Waals surface area contributed by atoms with Crippen LogP contribution in [0.1, 0.15) is 52.2 Å². The van der Waals surface area contributed by atoms with Crippen molar-refractivity contribution in [3.63, 3.8) is 0 Å². The van der Waals surface area contributed by atoms with Crippen LogP contribution in [0.2, 0.25) is 0 Å². The van der Waals surface area contributed by atoms with Crippen LogP contribution >= 0.6 is 0 Å². The Bertz CT molecular complexity index is 471. The molecule has 118 valence electrons. The molecule has 2 rings (SSSR count). The number of benzene rings is 1. The second-order valence-corrected chi connectivity index (χ2v) is 6.57. The molecule has 0 radical (unpaired) electrons. The van der Waals surface area contributed by atoms with Gasteiger partial charge in [-0.2, -0.15) is 0 Å². The summed E-state index contributed by atoms with van der Waals surface area (Å²) in [5.41, 5.74) is 3.27. The molecule has 0 saturated carbocycles. The number of likely N-dealkylation sites (tertiary alicyclic amines) is 1. The van der Waals surface area contributed by atoms with Crippen LogP contribution in [0.15, 0.2) is 18.2 Å². The van der Waals surface area contributed by atoms with Crippen LogP contribution in [0.5, 0.6) is 5.75 Å². The van der Waals surface area contributed by atoms with Crippen LogP contribution in [-0.4, -0.2) is 31.1 Å². The van der Waals surface area contributed by atoms with Crippen LogP contribution in [0.4, 0.5) is 0 Å². The third kappa shape index (κ3) is 3.26. The zero-order chi connectivity index (χ0) is 15.5. The summed E-state index contributed by atoms with van der Waals surface area (Å²) in [7, 11) is 0. The van der Waals surface area contributed by atoms with E-state index in [-0.39, 0.29) is 5.41 Å². The Morgan fingerprint density at radius 3 is 2.62 bits per heavy atom. The highest BCUT2D eigenvalue weighted by Crippen LogP contribution is 2.42. The summed E-state index contributed by atoms with van der Waals surface area (Å²) in [6.07, 6.45) is 2.34. The van der Waals surface area contributed by atoms with Crippen LogP contribution < -0.4 is 4.74 Å². The first-order chi connectivity index (χ1) is 10.0. The average molecular weight is 289 g/mol. The summed E-state index contributed by atoms with van der Waals surface area (Å²) >= 11 is 0. The van der Waals surface area contributed by atoms with Gasteiger partial charge in [-0.15, -0.1) is 0 Å². The van der Waals surface area contributed by atoms with Gasteiger partial charge in [-0.3, -0.25) is 0 Å². The van der Waals surface area contributed by atoms with E-state index in [4.69, 9.17) is 4.74 Å². The van der Waals surface area contributed by atoms with E-state index in [0.717, 1.165) is 18.8 Å². The number of piperidine rings is 1. The lowest BCUT2D eigenvalue weighted by atomic mass is 9.66. The van der Waals surface area contributed by atoms with Gasteiger partial charge in [0.2, 0.25) is 0 Å². The SMILES string of the molecule is CCOc1ccc(CC)c([C@]2(C)CCN(CC)C[C@@H]2C)c1. The lowest BCUT2D eigenvalue weighted by molar-refractivity contribution is 0.115. The molecule has 2 atom stereocenters. The van der Waals surface area contributed by atoms with Crippen molar-refractivity contribution in [1.82, 2.24) is 4.90 Å². The number of hydrogen-bond donors (Lipinski definition) is 0. The van der Waals surface area contributed by atoms with Crippen molar-refractivity contribution >= 4 is 0 Å². The summed E-state index contributed by atoms with van der Waals surface area (Å²) < 4.78 is 5.75. The normalized spacial score (nSPS) is 26.8. The van der Waals surface area contributed by atoms with E-state index in [1.54, 1.807) is 0 Å². The van der Waals surface area contributed by atoms with Crippen molar-refractivity contribution in [2.24, 2.45) is 5.92 Å². The molecule has 1 saturated heterocycles. The van der Waals surface area contributed by atoms with Gasteiger partial charge in [0.1, 0.15) is 5.75 Å². The molecule has 2 nitrogen and oxygen atoms in total. The van der Waals surface area contributed by atoms with E-state index in [1.165, 1.54) is 37.2 Å². The maximum atomic E-state index is 5.75. The highest BCUT2D eigenvalue weighted by atomic mass is 16.5. The van der Waals surface area contributed by atoms with E-state index in [9.17, 15) is 0 Å². The fourth-order valence-electron chi connectivity index (χ4n) is 3.66. The van der Waals surface area contributed by atoms with Crippen LogP contribution in [0, 0.1) is 5.92 Å². The molecule has 0 spiro atoms. The molecule has 0 unspecified atom stereocenters. The standard InChI is InChI=1S/C19H31NO/c1-6-16-9-10-17(21-8-3)13-18(16)19(5)11-12-20(7-2)14-15(19)4/h9-10,13,15H,6-8,11-12,14H2,1-5H3/t15-,19+/m0/s1. The van der Waals surface area contributed by atoms with Gasteiger partial charge in [-0.1, -0.05) is 33.8 Å². The highest BCUT2D eigenvalue weighted by Gasteiger charge is 2.38. The Kier molecular flexibility index (Phi) is 5.32. The summed E-state index contributed by atoms with van der Waals surface area (Å²) in [4.78, 5) is 2.57. The van der Waals surface area contributed by atoms with Crippen molar-refractivity contribution in [2.45, 2.75) is 52.9 Å². The van der Waals surface area contributed by atoms with Gasteiger partial charge >= 0.3 is 0 Å². The summed E-state index contributed by atoms with van der Waals surface area (Å²) in [6.45, 7) is 15.8. The molecule has 1 aliphatic heterocycles. The molecule has 0 aromatic heterocycles. The zero-order valence-corrected chi connectivity index (χ0v) is 14.4. The number of nitrogens with zero attached hydrogens (tertiary/aromatic N) is 1. The van der Waals surface area contributed by atoms with E-state index < -0.39 is 0 Å². The van der Waals surface area contributed by atoms with E-state index >= 15 is 0 Å². The highest BCUT2D eigenvalue weighted by molar-refractivity contribution is 5.41. The first kappa shape index (κ1) is 16.4. The Balaban J connectivity index is 2.36. The fraction of sp³-hybridized carbons (Fsp3) is 0.684. The predicted octanol–water partition coefficient (Wildman–Crippen LogP) is 4.27. The maximum Gasteiger partial charge on any atom is 0.119 e. The Morgan fingerprint density at radius 2 is 2.05 bits per heavy atom. The topological polar surface area (TPSA) is 12.5 Å². The molecule has 0 aliphatic carbocycles. The molecule has 2 heteroatoms. The molecule has 1 aromatic rings. The van der Waals surface area contributed by atoms with Gasteiger partial charge in [0.25, 0.3) is 0 Å². The van der Waals surface area contributed by atoms with E-state index in [1.807, 2.05) is 0 Å². The lowest BCUT2D eigenvalue weighted by Crippen LogP contribution is -2.47. The first-order valence-electron chi connectivity index (χ1n) is 8.53. The summed E-state index contributed by atoms with van der Waals surface area (Å²) in [5.74, 6) is 1.70. The smallest absolute Gasteiger partial charge is 0.119 e. The molecule has 1 aliphatic rings. The molecule has 0 bridgehead atoms. The van der Waals surface area contributed by atoms with Gasteiger partial charge < -0.3 is 9.64 Å². The number of ether oxygens (including phenoxy) is 1. The van der Waals surface area contributed by atoms with Gasteiger partial charge in [-0.05, 0) is 67.4 Å². The molecular formula is C19H31NO. The van der Waals surface area contributed by atoms with Gasteiger partial charge in [0.15, 0.2) is 0 Å². The van der Waals surface area contributed by atoms with Gasteiger partial charge in [0, 0.05) is 6.54 Å². The van der Waals surface area contributed by atoms with E-state index in [0.29, 0.717) is 5.92 Å². The minimum atomic E-state index is 0.268. The average Bonchev–Trinajstić information content (AvgIpc) is 2.50. The third-order valence-electron chi connectivity index (χ3n) is 5.40. The molecule has 1 heterocycles. The molecule has 0 amide bonds. The molecular weight excluding hydrogens is 258 g/mol. The number of aryl methyl sites for hydroxylation is 1. The zero-order valence-electron chi connectivity index (χ0n) is 14.4. The monoisotopic (exact) mass is 289 g/mol. The quantitative estimate of drug-likeness (QED) is 0.802. The summed E-state index contributed by atoms with van der Waals surface area (Å²) in [6, 6.07) is 6.70. The third-order valence-corrected chi connectivity index (χ3v) is 5.40. The number of rotatable bonds is 5. The van der Waals surface area contributed by atoms with Gasteiger partial charge in [-0.25, -0.2) is 0 Å². The molecule has 21 heavy (non-hydrogen) atoms. The first-order valence-corrected chi connectivity index (χ1v) is 8.53. The lowest BCUT2D eigenvalue weighted by Gasteiger charge is -2.45. The predicted molar refractivity (Wildman–Crippen MR) is 90.2 cm³/mol. The second kappa shape index (κ2) is 6.83. The summed E-state index contributed by atoms with van der Waals surface area (Å²) in [5, 5.41) is 0. The van der Waals surface area contributed by atoms with Crippen molar-refractivity contribution in [3.05, 3.63) is 29.3 Å². The van der Waals surface area contributed by atoms with Crippen molar-refractivity contribution in [2.75, 3.05) is 26.2 Å². The Hall–Kier alpha value is -1.02. The van der Waals surface area contributed by atoms with Crippen LogP contribution in [-0.2, 0) is 11.8 Å². The fourth-order valence-corrected chi connectivity index (χ4v) is 3.66. The molecule has 1 fully saturated rings. The van der Waals surface area contributed by atoms with Crippen molar-refractivity contribution < 1.29 is 4.74 Å². The van der Waals surface area contributed by atoms with Crippen molar-refractivity contribution in [3.8, 4) is 5.75 Å². The van der Waals surface area contributed by atoms with Crippen LogP contribution in [0.3, 0.4) is 0 Å². The minimum absolute atomic E-state index is 0.268. The Labute approximate surface area is 130 Å². The second-order valence-electron chi connectivity index (χ2n) is 6.57. The molecule has 0 N–H and O–H groups in total. The number of hydrogen-bond acceptors (Lipinski definition) is 2. The minimum Gasteiger partial charge on any atom is -0.494 e. The van der Waals surface area contributed by atoms with Crippen molar-refractivity contribution in [1.29, 1.82) is 0 Å².